The molecule has 146 valence electrons. The summed E-state index contributed by atoms with van der Waals surface area (Å²) in [5.74, 6) is -0.440. The molecule has 0 spiro atoms. The van der Waals surface area contributed by atoms with Gasteiger partial charge in [0, 0.05) is 18.7 Å². The summed E-state index contributed by atoms with van der Waals surface area (Å²) in [4.78, 5) is 24.9. The summed E-state index contributed by atoms with van der Waals surface area (Å²) in [6.07, 6.45) is 8.27. The lowest BCUT2D eigenvalue weighted by Crippen LogP contribution is -2.35. The molecule has 0 atom stereocenters. The third-order valence-electron chi connectivity index (χ3n) is 3.80. The van der Waals surface area contributed by atoms with Crippen LogP contribution in [-0.2, 0) is 14.3 Å². The first-order valence-electron chi connectivity index (χ1n) is 9.38. The molecule has 0 aliphatic rings. The Bertz CT molecular complexity index is 384. The van der Waals surface area contributed by atoms with E-state index in [1.807, 2.05) is 0 Å². The number of ether oxygens (including phenoxy) is 2. The van der Waals surface area contributed by atoms with Crippen molar-refractivity contribution in [1.82, 2.24) is 4.90 Å². The maximum atomic E-state index is 11.9. The molecule has 6 heteroatoms. The van der Waals surface area contributed by atoms with Gasteiger partial charge in [-0.05, 0) is 26.7 Å². The molecule has 0 bridgehead atoms. The minimum atomic E-state index is -0.440. The van der Waals surface area contributed by atoms with Gasteiger partial charge in [0.15, 0.2) is 0 Å². The van der Waals surface area contributed by atoms with Crippen molar-refractivity contribution >= 4 is 12.1 Å². The van der Waals surface area contributed by atoms with E-state index < -0.39 is 5.97 Å². The number of hydrogen-bond acceptors (Lipinski definition) is 5. The topological polar surface area (TPSA) is 76.1 Å². The Hall–Kier alpha value is -1.56. The molecular formula is C19H35NO5. The summed E-state index contributed by atoms with van der Waals surface area (Å²) < 4.78 is 10.1. The van der Waals surface area contributed by atoms with Crippen molar-refractivity contribution in [2.75, 3.05) is 32.9 Å². The summed E-state index contributed by atoms with van der Waals surface area (Å²) in [6, 6.07) is 0. The normalized spacial score (nSPS) is 10.4. The number of carbonyl (C=O) groups excluding carboxylic acids is 2. The van der Waals surface area contributed by atoms with Crippen LogP contribution in [0.3, 0.4) is 0 Å². The number of unbranched alkanes of at least 4 members (excludes halogenated alkanes) is 7. The van der Waals surface area contributed by atoms with Crippen molar-refractivity contribution in [2.24, 2.45) is 0 Å². The zero-order chi connectivity index (χ0) is 18.9. The van der Waals surface area contributed by atoms with Gasteiger partial charge in [0.1, 0.15) is 6.61 Å². The van der Waals surface area contributed by atoms with Crippen molar-refractivity contribution in [3.63, 3.8) is 0 Å². The Balaban J connectivity index is 3.93. The number of carbonyl (C=O) groups is 2. The van der Waals surface area contributed by atoms with E-state index in [1.54, 1.807) is 18.7 Å². The van der Waals surface area contributed by atoms with Crippen LogP contribution >= 0.6 is 0 Å². The molecular weight excluding hydrogens is 322 g/mol. The highest BCUT2D eigenvalue weighted by molar-refractivity contribution is 5.86. The highest BCUT2D eigenvalue weighted by Crippen LogP contribution is 2.09. The van der Waals surface area contributed by atoms with Crippen LogP contribution in [0.4, 0.5) is 4.79 Å². The van der Waals surface area contributed by atoms with Crippen LogP contribution in [0.5, 0.6) is 0 Å². The number of hydrogen-bond donors (Lipinski definition) is 1. The van der Waals surface area contributed by atoms with Gasteiger partial charge in [-0.25, -0.2) is 9.59 Å². The Morgan fingerprint density at radius 2 is 1.48 bits per heavy atom. The summed E-state index contributed by atoms with van der Waals surface area (Å²) in [6.45, 7) is 8.59. The average molecular weight is 357 g/mol. The Morgan fingerprint density at radius 3 is 2.00 bits per heavy atom. The molecule has 0 heterocycles. The molecule has 1 amide bonds. The van der Waals surface area contributed by atoms with Crippen molar-refractivity contribution in [3.8, 4) is 0 Å². The van der Waals surface area contributed by atoms with E-state index in [9.17, 15) is 9.59 Å². The molecule has 0 aromatic heterocycles. The van der Waals surface area contributed by atoms with Crippen LogP contribution in [0, 0.1) is 0 Å². The number of nitrogens with zero attached hydrogens (tertiary/aromatic N) is 1. The van der Waals surface area contributed by atoms with E-state index >= 15 is 0 Å². The monoisotopic (exact) mass is 357 g/mol. The number of esters is 1. The van der Waals surface area contributed by atoms with Gasteiger partial charge in [0.2, 0.25) is 0 Å². The van der Waals surface area contributed by atoms with Crippen molar-refractivity contribution in [3.05, 3.63) is 12.2 Å². The molecule has 0 saturated heterocycles. The second-order valence-corrected chi connectivity index (χ2v) is 6.15. The van der Waals surface area contributed by atoms with E-state index in [2.05, 4.69) is 6.58 Å². The zero-order valence-electron chi connectivity index (χ0n) is 15.9. The molecule has 0 aliphatic heterocycles. The van der Waals surface area contributed by atoms with Gasteiger partial charge in [-0.3, -0.25) is 0 Å². The Morgan fingerprint density at radius 1 is 0.920 bits per heavy atom. The highest BCUT2D eigenvalue weighted by Gasteiger charge is 2.15. The molecule has 0 aromatic rings. The zero-order valence-corrected chi connectivity index (χ0v) is 15.9. The minimum absolute atomic E-state index is 0.148. The quantitative estimate of drug-likeness (QED) is 0.275. The summed E-state index contributed by atoms with van der Waals surface area (Å²) in [7, 11) is 0. The highest BCUT2D eigenvalue weighted by atomic mass is 16.6. The fraction of sp³-hybridized carbons (Fsp3) is 0.789. The largest absolute Gasteiger partial charge is 0.460 e. The Labute approximate surface area is 152 Å². The molecule has 25 heavy (non-hydrogen) atoms. The lowest BCUT2D eigenvalue weighted by molar-refractivity contribution is -0.139. The smallest absolute Gasteiger partial charge is 0.409 e. The molecule has 0 radical (unpaired) electrons. The van der Waals surface area contributed by atoms with Gasteiger partial charge in [0.25, 0.3) is 0 Å². The molecule has 0 fully saturated rings. The van der Waals surface area contributed by atoms with Crippen LogP contribution in [0.15, 0.2) is 12.2 Å². The summed E-state index contributed by atoms with van der Waals surface area (Å²) >= 11 is 0. The van der Waals surface area contributed by atoms with Crippen LogP contribution in [0.25, 0.3) is 0 Å². The molecule has 0 saturated carbocycles. The predicted molar refractivity (Wildman–Crippen MR) is 98.4 cm³/mol. The van der Waals surface area contributed by atoms with Crippen LogP contribution in [0.2, 0.25) is 0 Å². The standard InChI is InChI=1S/C19H35NO5/c1-4-24-19(23)20(14-16-25-18(22)17(2)3)13-11-9-7-5-6-8-10-12-15-21/h21H,2,4-16H2,1,3H3. The van der Waals surface area contributed by atoms with E-state index in [4.69, 9.17) is 14.6 Å². The van der Waals surface area contributed by atoms with Crippen LogP contribution < -0.4 is 0 Å². The molecule has 0 aliphatic carbocycles. The fourth-order valence-electron chi connectivity index (χ4n) is 2.36. The van der Waals surface area contributed by atoms with Crippen molar-refractivity contribution < 1.29 is 24.2 Å². The SMILES string of the molecule is C=C(C)C(=O)OCCN(CCCCCCCCCCO)C(=O)OCC. The molecule has 0 unspecified atom stereocenters. The van der Waals surface area contributed by atoms with E-state index in [1.165, 1.54) is 19.3 Å². The van der Waals surface area contributed by atoms with Gasteiger partial charge in [-0.1, -0.05) is 45.1 Å². The first-order chi connectivity index (χ1) is 12.0. The second-order valence-electron chi connectivity index (χ2n) is 6.15. The number of rotatable bonds is 15. The summed E-state index contributed by atoms with van der Waals surface area (Å²) in [5, 5.41) is 8.72. The first-order valence-corrected chi connectivity index (χ1v) is 9.38. The predicted octanol–water partition coefficient (Wildman–Crippen LogP) is 3.68. The maximum absolute atomic E-state index is 11.9. The van der Waals surface area contributed by atoms with Gasteiger partial charge in [-0.15, -0.1) is 0 Å². The van der Waals surface area contributed by atoms with E-state index in [-0.39, 0.29) is 19.3 Å². The maximum Gasteiger partial charge on any atom is 0.409 e. The molecule has 0 aromatic carbocycles. The number of amides is 1. The van der Waals surface area contributed by atoms with Gasteiger partial charge in [-0.2, -0.15) is 0 Å². The van der Waals surface area contributed by atoms with Crippen molar-refractivity contribution in [2.45, 2.75) is 65.2 Å². The van der Waals surface area contributed by atoms with E-state index in [0.717, 1.165) is 32.1 Å². The second kappa shape index (κ2) is 15.9. The lowest BCUT2D eigenvalue weighted by atomic mass is 10.1. The molecule has 0 rings (SSSR count). The van der Waals surface area contributed by atoms with Gasteiger partial charge < -0.3 is 19.5 Å². The van der Waals surface area contributed by atoms with Crippen LogP contribution in [-0.4, -0.2) is 55.0 Å². The fourth-order valence-corrected chi connectivity index (χ4v) is 2.36. The van der Waals surface area contributed by atoms with Gasteiger partial charge >= 0.3 is 12.1 Å². The average Bonchev–Trinajstić information content (AvgIpc) is 2.58. The van der Waals surface area contributed by atoms with Crippen molar-refractivity contribution in [1.29, 1.82) is 0 Å². The lowest BCUT2D eigenvalue weighted by Gasteiger charge is -2.21. The van der Waals surface area contributed by atoms with Gasteiger partial charge in [0.05, 0.1) is 13.2 Å². The number of aliphatic hydroxyl groups excluding tert-OH is 1. The van der Waals surface area contributed by atoms with Crippen LogP contribution in [0.1, 0.15) is 65.2 Å². The summed E-state index contributed by atoms with van der Waals surface area (Å²) in [5.41, 5.74) is 0.349. The Kier molecular flexibility index (Phi) is 14.9. The molecule has 1 N–H and O–H groups in total. The third-order valence-corrected chi connectivity index (χ3v) is 3.80. The first kappa shape index (κ1) is 23.4. The minimum Gasteiger partial charge on any atom is -0.460 e. The third kappa shape index (κ3) is 13.4. The molecule has 6 nitrogen and oxygen atoms in total. The van der Waals surface area contributed by atoms with E-state index in [0.29, 0.717) is 25.3 Å². The number of aliphatic hydroxyl groups is 1.